The number of hydrogen-bond donors (Lipinski definition) is 1. The van der Waals surface area contributed by atoms with E-state index in [1.807, 2.05) is 54.7 Å². The highest BCUT2D eigenvalue weighted by atomic mass is 35.5. The van der Waals surface area contributed by atoms with Crippen LogP contribution in [-0.4, -0.2) is 16.7 Å². The van der Waals surface area contributed by atoms with Crippen molar-refractivity contribution in [2.24, 2.45) is 11.0 Å². The average molecular weight is 462 g/mol. The van der Waals surface area contributed by atoms with Gasteiger partial charge in [0.15, 0.2) is 0 Å². The molecule has 0 unspecified atom stereocenters. The number of fused-ring (bicyclic) bond motifs is 1. The van der Waals surface area contributed by atoms with E-state index in [0.717, 1.165) is 28.5 Å². The van der Waals surface area contributed by atoms with E-state index < -0.39 is 0 Å². The quantitative estimate of drug-likeness (QED) is 0.267. The second kappa shape index (κ2) is 8.81. The highest BCUT2D eigenvalue weighted by Gasteiger charge is 2.43. The van der Waals surface area contributed by atoms with E-state index in [0.29, 0.717) is 16.6 Å². The first-order chi connectivity index (χ1) is 15.6. The van der Waals surface area contributed by atoms with Crippen molar-refractivity contribution >= 4 is 46.2 Å². The van der Waals surface area contributed by atoms with Crippen LogP contribution in [0.1, 0.15) is 29.0 Å². The van der Waals surface area contributed by atoms with Crippen molar-refractivity contribution in [3.63, 3.8) is 0 Å². The van der Waals surface area contributed by atoms with E-state index >= 15 is 0 Å². The van der Waals surface area contributed by atoms with Crippen molar-refractivity contribution in [3.05, 3.63) is 106 Å². The summed E-state index contributed by atoms with van der Waals surface area (Å²) in [7, 11) is 0. The normalized spacial score (nSPS) is 17.7. The molecule has 1 aliphatic rings. The van der Waals surface area contributed by atoms with Gasteiger partial charge in [-0.25, -0.2) is 5.43 Å². The van der Waals surface area contributed by atoms with Gasteiger partial charge in [-0.05, 0) is 41.7 Å². The molecule has 1 aromatic heterocycles. The maximum atomic E-state index is 12.5. The third kappa shape index (κ3) is 4.29. The summed E-state index contributed by atoms with van der Waals surface area (Å²) in [6.45, 7) is 0.609. The van der Waals surface area contributed by atoms with Crippen molar-refractivity contribution in [2.45, 2.75) is 18.9 Å². The Morgan fingerprint density at radius 2 is 1.84 bits per heavy atom. The molecule has 0 aliphatic heterocycles. The van der Waals surface area contributed by atoms with Crippen molar-refractivity contribution in [1.82, 2.24) is 9.99 Å². The monoisotopic (exact) mass is 461 g/mol. The number of nitrogens with zero attached hydrogens (tertiary/aromatic N) is 2. The first kappa shape index (κ1) is 20.8. The summed E-state index contributed by atoms with van der Waals surface area (Å²) in [5.41, 5.74) is 6.91. The van der Waals surface area contributed by atoms with Gasteiger partial charge in [0.05, 0.1) is 6.21 Å². The Morgan fingerprint density at radius 1 is 1.06 bits per heavy atom. The largest absolute Gasteiger partial charge is 0.342 e. The van der Waals surface area contributed by atoms with Gasteiger partial charge in [0.2, 0.25) is 5.91 Å². The fraction of sp³-hybridized carbons (Fsp3) is 0.154. The molecule has 160 valence electrons. The predicted molar refractivity (Wildman–Crippen MR) is 131 cm³/mol. The molecule has 0 bridgehead atoms. The van der Waals surface area contributed by atoms with Crippen LogP contribution in [0.4, 0.5) is 0 Å². The van der Waals surface area contributed by atoms with Gasteiger partial charge in [0.1, 0.15) is 0 Å². The molecular formula is C26H21Cl2N3O. The Bertz CT molecular complexity index is 1310. The lowest BCUT2D eigenvalue weighted by Gasteiger charge is -2.08. The van der Waals surface area contributed by atoms with E-state index in [2.05, 4.69) is 33.3 Å². The van der Waals surface area contributed by atoms with Crippen molar-refractivity contribution in [1.29, 1.82) is 0 Å². The highest BCUT2D eigenvalue weighted by molar-refractivity contribution is 6.35. The van der Waals surface area contributed by atoms with Crippen LogP contribution in [-0.2, 0) is 11.3 Å². The highest BCUT2D eigenvalue weighted by Crippen LogP contribution is 2.47. The molecule has 0 radical (unpaired) electrons. The Balaban J connectivity index is 1.31. The lowest BCUT2D eigenvalue weighted by molar-refractivity contribution is -0.122. The van der Waals surface area contributed by atoms with Gasteiger partial charge in [0.25, 0.3) is 0 Å². The van der Waals surface area contributed by atoms with E-state index in [1.54, 1.807) is 12.3 Å². The summed E-state index contributed by atoms with van der Waals surface area (Å²) in [5, 5.41) is 6.56. The van der Waals surface area contributed by atoms with Crippen LogP contribution in [0.15, 0.2) is 84.1 Å². The summed E-state index contributed by atoms with van der Waals surface area (Å²) in [4.78, 5) is 12.5. The third-order valence-electron chi connectivity index (χ3n) is 5.91. The number of nitrogens with one attached hydrogen (secondary N) is 1. The maximum Gasteiger partial charge on any atom is 0.243 e. The molecule has 4 nitrogen and oxygen atoms in total. The molecule has 6 heteroatoms. The molecule has 3 aromatic carbocycles. The third-order valence-corrected chi connectivity index (χ3v) is 6.50. The van der Waals surface area contributed by atoms with Crippen LogP contribution in [0.25, 0.3) is 10.9 Å². The molecule has 0 spiro atoms. The second-order valence-corrected chi connectivity index (χ2v) is 8.90. The van der Waals surface area contributed by atoms with Gasteiger partial charge in [0, 0.05) is 45.2 Å². The number of hydrogen-bond acceptors (Lipinski definition) is 2. The molecule has 1 saturated carbocycles. The van der Waals surface area contributed by atoms with Crippen LogP contribution < -0.4 is 5.43 Å². The Labute approximate surface area is 196 Å². The fourth-order valence-corrected chi connectivity index (χ4v) is 4.61. The zero-order valence-electron chi connectivity index (χ0n) is 17.2. The summed E-state index contributed by atoms with van der Waals surface area (Å²) in [5.74, 6) is 0.243. The summed E-state index contributed by atoms with van der Waals surface area (Å²) in [6, 6.07) is 23.8. The fourth-order valence-electron chi connectivity index (χ4n) is 4.14. The minimum Gasteiger partial charge on any atom is -0.342 e. The van der Waals surface area contributed by atoms with E-state index in [-0.39, 0.29) is 17.7 Å². The molecule has 0 saturated heterocycles. The molecule has 2 atom stereocenters. The number of benzene rings is 3. The second-order valence-electron chi connectivity index (χ2n) is 8.06. The average Bonchev–Trinajstić information content (AvgIpc) is 3.54. The summed E-state index contributed by atoms with van der Waals surface area (Å²) < 4.78 is 2.12. The van der Waals surface area contributed by atoms with Gasteiger partial charge in [-0.1, -0.05) is 77.8 Å². The molecule has 1 heterocycles. The Kier molecular flexibility index (Phi) is 5.73. The first-order valence-corrected chi connectivity index (χ1v) is 11.3. The SMILES string of the molecule is O=C(NN=Cc1cn(Cc2ccc(Cl)cc2Cl)c2ccccc12)[C@H]1C[C@@H]1c1ccccc1. The Morgan fingerprint density at radius 3 is 2.66 bits per heavy atom. The van der Waals surface area contributed by atoms with Gasteiger partial charge >= 0.3 is 0 Å². The molecule has 1 amide bonds. The first-order valence-electron chi connectivity index (χ1n) is 10.5. The smallest absolute Gasteiger partial charge is 0.243 e. The molecule has 4 aromatic rings. The standard InChI is InChI=1S/C26H21Cl2N3O/c27-20-11-10-18(24(28)12-20)15-31-16-19(21-8-4-5-9-25(21)31)14-29-30-26(32)23-13-22(23)17-6-2-1-3-7-17/h1-12,14,16,22-23H,13,15H2,(H,30,32)/t22-,23+/m1/s1. The number of para-hydroxylation sites is 1. The van der Waals surface area contributed by atoms with Crippen molar-refractivity contribution in [2.75, 3.05) is 0 Å². The van der Waals surface area contributed by atoms with Crippen molar-refractivity contribution in [3.8, 4) is 0 Å². The minimum atomic E-state index is -0.0354. The van der Waals surface area contributed by atoms with Crippen LogP contribution in [0, 0.1) is 5.92 Å². The number of halogens is 2. The van der Waals surface area contributed by atoms with Gasteiger partial charge < -0.3 is 4.57 Å². The van der Waals surface area contributed by atoms with Gasteiger partial charge in [-0.15, -0.1) is 0 Å². The van der Waals surface area contributed by atoms with Gasteiger partial charge in [-0.3, -0.25) is 4.79 Å². The Hall–Kier alpha value is -3.08. The molecule has 5 rings (SSSR count). The summed E-state index contributed by atoms with van der Waals surface area (Å²) in [6.07, 6.45) is 4.60. The number of amides is 1. The van der Waals surface area contributed by atoms with E-state index in [1.165, 1.54) is 5.56 Å². The minimum absolute atomic E-state index is 0.0112. The number of aromatic nitrogens is 1. The van der Waals surface area contributed by atoms with Crippen LogP contribution >= 0.6 is 23.2 Å². The molecule has 1 aliphatic carbocycles. The number of carbonyl (C=O) groups excluding carboxylic acids is 1. The zero-order chi connectivity index (χ0) is 22.1. The topological polar surface area (TPSA) is 46.4 Å². The molecule has 1 fully saturated rings. The maximum absolute atomic E-state index is 12.5. The van der Waals surface area contributed by atoms with Crippen LogP contribution in [0.5, 0.6) is 0 Å². The molecular weight excluding hydrogens is 441 g/mol. The number of carbonyl (C=O) groups is 1. The van der Waals surface area contributed by atoms with E-state index in [9.17, 15) is 4.79 Å². The lowest BCUT2D eigenvalue weighted by atomic mass is 10.1. The van der Waals surface area contributed by atoms with Crippen LogP contribution in [0.3, 0.4) is 0 Å². The number of hydrazone groups is 1. The van der Waals surface area contributed by atoms with E-state index in [4.69, 9.17) is 23.2 Å². The lowest BCUT2D eigenvalue weighted by Crippen LogP contribution is -2.20. The summed E-state index contributed by atoms with van der Waals surface area (Å²) >= 11 is 12.4. The molecule has 32 heavy (non-hydrogen) atoms. The predicted octanol–water partition coefficient (Wildman–Crippen LogP) is 6.25. The zero-order valence-corrected chi connectivity index (χ0v) is 18.7. The van der Waals surface area contributed by atoms with Crippen LogP contribution in [0.2, 0.25) is 10.0 Å². The number of rotatable bonds is 6. The van der Waals surface area contributed by atoms with Gasteiger partial charge in [-0.2, -0.15) is 5.10 Å². The molecule has 1 N–H and O–H groups in total. The van der Waals surface area contributed by atoms with Crippen molar-refractivity contribution < 1.29 is 4.79 Å².